The van der Waals surface area contributed by atoms with Crippen molar-refractivity contribution in [3.63, 3.8) is 0 Å². The van der Waals surface area contributed by atoms with Crippen LogP contribution in [0.15, 0.2) is 16.8 Å². The van der Waals surface area contributed by atoms with Gasteiger partial charge in [-0.05, 0) is 42.2 Å². The minimum absolute atomic E-state index is 0.0374. The van der Waals surface area contributed by atoms with Gasteiger partial charge in [0.05, 0.1) is 6.04 Å². The molecule has 2 atom stereocenters. The summed E-state index contributed by atoms with van der Waals surface area (Å²) in [5, 5.41) is 7.10. The third kappa shape index (κ3) is 4.33. The van der Waals surface area contributed by atoms with Crippen molar-refractivity contribution in [2.24, 2.45) is 5.73 Å². The molecule has 4 heteroatoms. The second-order valence-corrected chi connectivity index (χ2v) is 4.92. The standard InChI is InChI=1S/C12H20N2OS/c1-3-4-11(13)12(15)14-9(2)7-10-5-6-16-8-10/h5-6,8-9,11H,3-4,7,13H2,1-2H3,(H,14,15). The molecule has 90 valence electrons. The highest BCUT2D eigenvalue weighted by molar-refractivity contribution is 7.07. The van der Waals surface area contributed by atoms with Crippen LogP contribution in [0.5, 0.6) is 0 Å². The summed E-state index contributed by atoms with van der Waals surface area (Å²) in [5.74, 6) is -0.0374. The minimum Gasteiger partial charge on any atom is -0.352 e. The molecule has 1 aromatic rings. The molecule has 0 aliphatic heterocycles. The Hall–Kier alpha value is -0.870. The van der Waals surface area contributed by atoms with E-state index in [2.05, 4.69) is 16.8 Å². The van der Waals surface area contributed by atoms with Gasteiger partial charge in [0.25, 0.3) is 0 Å². The molecular formula is C12H20N2OS. The molecule has 1 heterocycles. The zero-order chi connectivity index (χ0) is 12.0. The lowest BCUT2D eigenvalue weighted by atomic mass is 10.1. The molecule has 0 bridgehead atoms. The molecule has 0 aliphatic rings. The molecule has 0 spiro atoms. The lowest BCUT2D eigenvalue weighted by molar-refractivity contribution is -0.123. The van der Waals surface area contributed by atoms with Crippen molar-refractivity contribution in [1.29, 1.82) is 0 Å². The van der Waals surface area contributed by atoms with Crippen molar-refractivity contribution in [2.75, 3.05) is 0 Å². The summed E-state index contributed by atoms with van der Waals surface area (Å²) in [6, 6.07) is 1.86. The lowest BCUT2D eigenvalue weighted by Crippen LogP contribution is -2.44. The summed E-state index contributed by atoms with van der Waals surface area (Å²) in [7, 11) is 0. The smallest absolute Gasteiger partial charge is 0.237 e. The summed E-state index contributed by atoms with van der Waals surface area (Å²) >= 11 is 1.68. The van der Waals surface area contributed by atoms with E-state index in [9.17, 15) is 4.79 Å². The van der Waals surface area contributed by atoms with E-state index in [1.807, 2.05) is 19.2 Å². The Morgan fingerprint density at radius 2 is 2.38 bits per heavy atom. The van der Waals surface area contributed by atoms with Crippen LogP contribution >= 0.6 is 11.3 Å². The van der Waals surface area contributed by atoms with Crippen LogP contribution in [0.1, 0.15) is 32.3 Å². The molecular weight excluding hydrogens is 220 g/mol. The van der Waals surface area contributed by atoms with Gasteiger partial charge in [-0.25, -0.2) is 0 Å². The van der Waals surface area contributed by atoms with Crippen molar-refractivity contribution in [1.82, 2.24) is 5.32 Å². The maximum Gasteiger partial charge on any atom is 0.237 e. The monoisotopic (exact) mass is 240 g/mol. The zero-order valence-corrected chi connectivity index (χ0v) is 10.7. The molecule has 1 aromatic heterocycles. The van der Waals surface area contributed by atoms with E-state index in [1.165, 1.54) is 5.56 Å². The van der Waals surface area contributed by atoms with Crippen LogP contribution in [0.3, 0.4) is 0 Å². The average Bonchev–Trinajstić information content (AvgIpc) is 2.70. The molecule has 0 aliphatic carbocycles. The Morgan fingerprint density at radius 1 is 1.62 bits per heavy atom. The van der Waals surface area contributed by atoms with Gasteiger partial charge in [-0.1, -0.05) is 13.3 Å². The summed E-state index contributed by atoms with van der Waals surface area (Å²) < 4.78 is 0. The summed E-state index contributed by atoms with van der Waals surface area (Å²) in [4.78, 5) is 11.6. The third-order valence-electron chi connectivity index (χ3n) is 2.45. The summed E-state index contributed by atoms with van der Waals surface area (Å²) in [6.07, 6.45) is 2.55. The predicted molar refractivity (Wildman–Crippen MR) is 68.5 cm³/mol. The first-order valence-electron chi connectivity index (χ1n) is 5.70. The molecule has 0 saturated carbocycles. The Bertz CT molecular complexity index is 311. The van der Waals surface area contributed by atoms with Crippen LogP contribution in [0.2, 0.25) is 0 Å². The Labute approximate surface area is 101 Å². The van der Waals surface area contributed by atoms with Gasteiger partial charge in [-0.2, -0.15) is 11.3 Å². The van der Waals surface area contributed by atoms with E-state index in [4.69, 9.17) is 5.73 Å². The van der Waals surface area contributed by atoms with Crippen LogP contribution in [0.25, 0.3) is 0 Å². The molecule has 3 N–H and O–H groups in total. The first-order chi connectivity index (χ1) is 7.63. The normalized spacial score (nSPS) is 14.4. The molecule has 0 saturated heterocycles. The summed E-state index contributed by atoms with van der Waals surface area (Å²) in [6.45, 7) is 4.04. The SMILES string of the molecule is CCCC(N)C(=O)NC(C)Cc1ccsc1. The number of hydrogen-bond acceptors (Lipinski definition) is 3. The van der Waals surface area contributed by atoms with E-state index in [-0.39, 0.29) is 18.0 Å². The summed E-state index contributed by atoms with van der Waals surface area (Å²) in [5.41, 5.74) is 7.01. The van der Waals surface area contributed by atoms with Gasteiger partial charge in [0.15, 0.2) is 0 Å². The first kappa shape index (κ1) is 13.2. The van der Waals surface area contributed by atoms with Gasteiger partial charge < -0.3 is 11.1 Å². The number of nitrogens with one attached hydrogen (secondary N) is 1. The Balaban J connectivity index is 2.33. The average molecular weight is 240 g/mol. The minimum atomic E-state index is -0.366. The fourth-order valence-corrected chi connectivity index (χ4v) is 2.29. The second kappa shape index (κ2) is 6.66. The highest BCUT2D eigenvalue weighted by atomic mass is 32.1. The zero-order valence-electron chi connectivity index (χ0n) is 9.90. The van der Waals surface area contributed by atoms with E-state index in [1.54, 1.807) is 11.3 Å². The second-order valence-electron chi connectivity index (χ2n) is 4.14. The van der Waals surface area contributed by atoms with Crippen molar-refractivity contribution in [3.8, 4) is 0 Å². The van der Waals surface area contributed by atoms with Crippen LogP contribution in [-0.2, 0) is 11.2 Å². The van der Waals surface area contributed by atoms with E-state index in [0.717, 1.165) is 19.3 Å². The topological polar surface area (TPSA) is 55.1 Å². The third-order valence-corrected chi connectivity index (χ3v) is 3.18. The molecule has 1 rings (SSSR count). The molecule has 0 aromatic carbocycles. The van der Waals surface area contributed by atoms with Crippen molar-refractivity contribution < 1.29 is 4.79 Å². The van der Waals surface area contributed by atoms with Gasteiger partial charge in [-0.15, -0.1) is 0 Å². The number of amides is 1. The lowest BCUT2D eigenvalue weighted by Gasteiger charge is -2.16. The highest BCUT2D eigenvalue weighted by Gasteiger charge is 2.14. The van der Waals surface area contributed by atoms with Gasteiger partial charge in [0.1, 0.15) is 0 Å². The number of carbonyl (C=O) groups excluding carboxylic acids is 1. The van der Waals surface area contributed by atoms with Gasteiger partial charge in [0.2, 0.25) is 5.91 Å². The molecule has 2 unspecified atom stereocenters. The van der Waals surface area contributed by atoms with E-state index >= 15 is 0 Å². The van der Waals surface area contributed by atoms with Crippen LogP contribution < -0.4 is 11.1 Å². The van der Waals surface area contributed by atoms with Crippen LogP contribution in [0, 0.1) is 0 Å². The first-order valence-corrected chi connectivity index (χ1v) is 6.64. The van der Waals surface area contributed by atoms with Gasteiger partial charge >= 0.3 is 0 Å². The molecule has 1 amide bonds. The fourth-order valence-electron chi connectivity index (χ4n) is 1.61. The van der Waals surface area contributed by atoms with Crippen molar-refractivity contribution in [2.45, 2.75) is 45.2 Å². The van der Waals surface area contributed by atoms with Crippen LogP contribution in [0.4, 0.5) is 0 Å². The Kier molecular flexibility index (Phi) is 5.49. The number of nitrogens with two attached hydrogens (primary N) is 1. The van der Waals surface area contributed by atoms with Gasteiger partial charge in [-0.3, -0.25) is 4.79 Å². The number of carbonyl (C=O) groups is 1. The number of thiophene rings is 1. The maximum atomic E-state index is 11.6. The van der Waals surface area contributed by atoms with Gasteiger partial charge in [0, 0.05) is 6.04 Å². The van der Waals surface area contributed by atoms with Crippen LogP contribution in [-0.4, -0.2) is 18.0 Å². The molecule has 16 heavy (non-hydrogen) atoms. The van der Waals surface area contributed by atoms with E-state index in [0.29, 0.717) is 0 Å². The quantitative estimate of drug-likeness (QED) is 0.798. The highest BCUT2D eigenvalue weighted by Crippen LogP contribution is 2.08. The largest absolute Gasteiger partial charge is 0.352 e. The molecule has 0 radical (unpaired) electrons. The number of rotatable bonds is 6. The van der Waals surface area contributed by atoms with Crippen molar-refractivity contribution >= 4 is 17.2 Å². The maximum absolute atomic E-state index is 11.6. The molecule has 0 fully saturated rings. The molecule has 3 nitrogen and oxygen atoms in total. The van der Waals surface area contributed by atoms with Crippen molar-refractivity contribution in [3.05, 3.63) is 22.4 Å². The fraction of sp³-hybridized carbons (Fsp3) is 0.583. The number of hydrogen-bond donors (Lipinski definition) is 2. The Morgan fingerprint density at radius 3 is 2.94 bits per heavy atom. The predicted octanol–water partition coefficient (Wildman–Crippen LogP) is 1.92. The van der Waals surface area contributed by atoms with E-state index < -0.39 is 0 Å².